The highest BCUT2D eigenvalue weighted by atomic mass is 19.4. The summed E-state index contributed by atoms with van der Waals surface area (Å²) in [5.74, 6) is 3.19. The monoisotopic (exact) mass is 405 g/mol. The largest absolute Gasteiger partial charge is 0.433 e. The molecule has 2 aliphatic carbocycles. The van der Waals surface area contributed by atoms with Crippen LogP contribution in [0.1, 0.15) is 57.5 Å². The van der Waals surface area contributed by atoms with Crippen LogP contribution in [0.3, 0.4) is 0 Å². The number of hydrogen-bond acceptors (Lipinski definition) is 5. The Labute approximate surface area is 168 Å². The fraction of sp³-hybridized carbons (Fsp3) is 0.619. The van der Waals surface area contributed by atoms with E-state index in [1.165, 1.54) is 37.8 Å². The molecule has 2 fully saturated rings. The first-order chi connectivity index (χ1) is 13.8. The summed E-state index contributed by atoms with van der Waals surface area (Å²) < 4.78 is 39.2. The van der Waals surface area contributed by atoms with Gasteiger partial charge < -0.3 is 5.32 Å². The molecular weight excluding hydrogens is 379 g/mol. The van der Waals surface area contributed by atoms with E-state index in [0.717, 1.165) is 18.4 Å². The summed E-state index contributed by atoms with van der Waals surface area (Å²) in [7, 11) is 0. The van der Waals surface area contributed by atoms with Crippen LogP contribution in [0.5, 0.6) is 0 Å². The number of hydrogen-bond donors (Lipinski definition) is 1. The van der Waals surface area contributed by atoms with Crippen molar-refractivity contribution in [2.45, 2.75) is 64.6 Å². The van der Waals surface area contributed by atoms with Crippen LogP contribution in [-0.4, -0.2) is 26.0 Å². The molecule has 2 aromatic rings. The average molecular weight is 405 g/mol. The van der Waals surface area contributed by atoms with Gasteiger partial charge in [0.2, 0.25) is 5.95 Å². The van der Waals surface area contributed by atoms with Crippen molar-refractivity contribution in [1.82, 2.24) is 19.9 Å². The number of nitrogens with one attached hydrogen (secondary N) is 1. The van der Waals surface area contributed by atoms with Crippen LogP contribution in [0, 0.1) is 17.8 Å². The van der Waals surface area contributed by atoms with Gasteiger partial charge in [0.05, 0.1) is 0 Å². The SMILES string of the molecule is C[C@@H](CCc1nc(N[C@H](C)C2CC2)nc(-c2cccc(C(F)(F)F)n2)n1)C1CC1. The Hall–Kier alpha value is -2.25. The maximum atomic E-state index is 13.1. The molecule has 0 aromatic carbocycles. The molecule has 29 heavy (non-hydrogen) atoms. The van der Waals surface area contributed by atoms with Crippen LogP contribution in [-0.2, 0) is 12.6 Å². The third-order valence-corrected chi connectivity index (χ3v) is 5.89. The number of rotatable bonds is 8. The van der Waals surface area contributed by atoms with E-state index in [2.05, 4.69) is 39.1 Å². The van der Waals surface area contributed by atoms with Crippen molar-refractivity contribution < 1.29 is 13.2 Å². The first kappa shape index (κ1) is 20.0. The number of aromatic nitrogens is 4. The van der Waals surface area contributed by atoms with E-state index >= 15 is 0 Å². The summed E-state index contributed by atoms with van der Waals surface area (Å²) in [5.41, 5.74) is -0.832. The van der Waals surface area contributed by atoms with Crippen LogP contribution >= 0.6 is 0 Å². The zero-order valence-electron chi connectivity index (χ0n) is 16.7. The molecule has 2 aromatic heterocycles. The molecule has 156 valence electrons. The number of pyridine rings is 1. The molecule has 0 spiro atoms. The van der Waals surface area contributed by atoms with Crippen molar-refractivity contribution in [3.8, 4) is 11.5 Å². The Morgan fingerprint density at radius 1 is 1.00 bits per heavy atom. The molecule has 4 rings (SSSR count). The molecule has 2 aliphatic rings. The number of nitrogens with zero attached hydrogens (tertiary/aromatic N) is 4. The lowest BCUT2D eigenvalue weighted by Gasteiger charge is -2.15. The Kier molecular flexibility index (Phi) is 5.44. The lowest BCUT2D eigenvalue weighted by molar-refractivity contribution is -0.141. The molecule has 0 bridgehead atoms. The maximum Gasteiger partial charge on any atom is 0.433 e. The molecule has 0 unspecified atom stereocenters. The topological polar surface area (TPSA) is 63.6 Å². The normalized spacial score (nSPS) is 19.1. The van der Waals surface area contributed by atoms with E-state index in [1.54, 1.807) is 0 Å². The van der Waals surface area contributed by atoms with Gasteiger partial charge in [0.1, 0.15) is 17.2 Å². The molecule has 2 atom stereocenters. The average Bonchev–Trinajstić information content (AvgIpc) is 3.57. The van der Waals surface area contributed by atoms with E-state index < -0.39 is 11.9 Å². The second kappa shape index (κ2) is 7.88. The number of aryl methyl sites for hydroxylation is 1. The first-order valence-electron chi connectivity index (χ1n) is 10.4. The van der Waals surface area contributed by atoms with Crippen molar-refractivity contribution in [3.05, 3.63) is 29.7 Å². The summed E-state index contributed by atoms with van der Waals surface area (Å²) >= 11 is 0. The number of alkyl halides is 3. The van der Waals surface area contributed by atoms with Gasteiger partial charge >= 0.3 is 6.18 Å². The fourth-order valence-electron chi connectivity index (χ4n) is 3.60. The molecule has 2 heterocycles. The summed E-state index contributed by atoms with van der Waals surface area (Å²) in [6.45, 7) is 4.32. The maximum absolute atomic E-state index is 13.1. The summed E-state index contributed by atoms with van der Waals surface area (Å²) in [6, 6.07) is 4.02. The van der Waals surface area contributed by atoms with Gasteiger partial charge in [-0.3, -0.25) is 0 Å². The van der Waals surface area contributed by atoms with E-state index in [0.29, 0.717) is 30.0 Å². The third-order valence-electron chi connectivity index (χ3n) is 5.89. The lowest BCUT2D eigenvalue weighted by atomic mass is 10.0. The van der Waals surface area contributed by atoms with Crippen molar-refractivity contribution >= 4 is 5.95 Å². The zero-order chi connectivity index (χ0) is 20.6. The Morgan fingerprint density at radius 3 is 2.38 bits per heavy atom. The smallest absolute Gasteiger partial charge is 0.351 e. The Morgan fingerprint density at radius 2 is 1.72 bits per heavy atom. The van der Waals surface area contributed by atoms with Crippen molar-refractivity contribution in [2.24, 2.45) is 17.8 Å². The first-order valence-corrected chi connectivity index (χ1v) is 10.4. The standard InChI is InChI=1S/C21H26F3N5/c1-12(14-7-8-14)6-11-18-27-19(16-4-3-5-17(26-16)21(22,23)24)29-20(28-18)25-13(2)15-9-10-15/h3-5,12-15H,6-11H2,1-2H3,(H,25,27,28,29)/t12-,13+/m0/s1. The predicted octanol–water partition coefficient (Wildman–Crippen LogP) is 5.14. The lowest BCUT2D eigenvalue weighted by Crippen LogP contribution is -2.20. The number of halogens is 3. The Balaban J connectivity index is 1.61. The van der Waals surface area contributed by atoms with Gasteiger partial charge in [0, 0.05) is 12.5 Å². The van der Waals surface area contributed by atoms with Crippen LogP contribution < -0.4 is 5.32 Å². The molecular formula is C21H26F3N5. The van der Waals surface area contributed by atoms with Crippen LogP contribution in [0.2, 0.25) is 0 Å². The predicted molar refractivity (Wildman–Crippen MR) is 104 cm³/mol. The molecule has 8 heteroatoms. The molecule has 0 aliphatic heterocycles. The van der Waals surface area contributed by atoms with Crippen molar-refractivity contribution in [1.29, 1.82) is 0 Å². The molecule has 5 nitrogen and oxygen atoms in total. The highest BCUT2D eigenvalue weighted by molar-refractivity contribution is 5.51. The highest BCUT2D eigenvalue weighted by Gasteiger charge is 2.33. The minimum Gasteiger partial charge on any atom is -0.351 e. The van der Waals surface area contributed by atoms with Crippen LogP contribution in [0.25, 0.3) is 11.5 Å². The quantitative estimate of drug-likeness (QED) is 0.659. The van der Waals surface area contributed by atoms with Gasteiger partial charge in [-0.25, -0.2) is 9.97 Å². The minimum atomic E-state index is -4.51. The van der Waals surface area contributed by atoms with E-state index in [1.807, 2.05) is 0 Å². The summed E-state index contributed by atoms with van der Waals surface area (Å²) in [6.07, 6.45) is 2.04. The molecule has 0 saturated heterocycles. The zero-order valence-corrected chi connectivity index (χ0v) is 16.7. The van der Waals surface area contributed by atoms with Gasteiger partial charge in [-0.2, -0.15) is 23.1 Å². The summed E-state index contributed by atoms with van der Waals surface area (Å²) in [5, 5.41) is 3.31. The van der Waals surface area contributed by atoms with E-state index in [-0.39, 0.29) is 17.6 Å². The van der Waals surface area contributed by atoms with Crippen molar-refractivity contribution in [3.63, 3.8) is 0 Å². The van der Waals surface area contributed by atoms with E-state index in [9.17, 15) is 13.2 Å². The van der Waals surface area contributed by atoms with Gasteiger partial charge in [-0.15, -0.1) is 0 Å². The van der Waals surface area contributed by atoms with Crippen LogP contribution in [0.4, 0.5) is 19.1 Å². The second-order valence-corrected chi connectivity index (χ2v) is 8.43. The fourth-order valence-corrected chi connectivity index (χ4v) is 3.60. The van der Waals surface area contributed by atoms with Gasteiger partial charge in [0.25, 0.3) is 0 Å². The molecule has 0 amide bonds. The number of anilines is 1. The van der Waals surface area contributed by atoms with Gasteiger partial charge in [-0.1, -0.05) is 13.0 Å². The molecule has 1 N–H and O–H groups in total. The third kappa shape index (κ3) is 5.22. The minimum absolute atomic E-state index is 0.112. The van der Waals surface area contributed by atoms with Crippen LogP contribution in [0.15, 0.2) is 18.2 Å². The van der Waals surface area contributed by atoms with Gasteiger partial charge in [0.15, 0.2) is 5.82 Å². The molecule has 2 saturated carbocycles. The summed E-state index contributed by atoms with van der Waals surface area (Å²) in [4.78, 5) is 17.1. The van der Waals surface area contributed by atoms with Crippen molar-refractivity contribution in [2.75, 3.05) is 5.32 Å². The van der Waals surface area contributed by atoms with E-state index in [4.69, 9.17) is 0 Å². The second-order valence-electron chi connectivity index (χ2n) is 8.43. The van der Waals surface area contributed by atoms with Gasteiger partial charge in [-0.05, 0) is 68.9 Å². The molecule has 0 radical (unpaired) electrons. The highest BCUT2D eigenvalue weighted by Crippen LogP contribution is 2.38. The Bertz CT molecular complexity index is 862.